The van der Waals surface area contributed by atoms with E-state index >= 15 is 0 Å². The number of hydrogen-bond donors (Lipinski definition) is 0. The molecule has 3 aromatic rings. The maximum Gasteiger partial charge on any atom is 0.338 e. The molecule has 37 heavy (non-hydrogen) atoms. The van der Waals surface area contributed by atoms with E-state index in [9.17, 15) is 9.59 Å². The van der Waals surface area contributed by atoms with Crippen molar-refractivity contribution in [2.75, 3.05) is 27.4 Å². The molecule has 0 spiro atoms. The summed E-state index contributed by atoms with van der Waals surface area (Å²) in [6.07, 6.45) is 1.81. The molecule has 0 bridgehead atoms. The molecule has 0 N–H and O–H groups in total. The summed E-state index contributed by atoms with van der Waals surface area (Å²) in [5.74, 6) is 1.21. The fourth-order valence-electron chi connectivity index (χ4n) is 4.14. The van der Waals surface area contributed by atoms with Gasteiger partial charge in [0, 0.05) is 4.47 Å². The smallest absolute Gasteiger partial charge is 0.338 e. The molecule has 10 heteroatoms. The van der Waals surface area contributed by atoms with Gasteiger partial charge in [-0.1, -0.05) is 39.4 Å². The number of halogens is 1. The molecular weight excluding hydrogens is 560 g/mol. The Labute approximate surface area is 226 Å². The van der Waals surface area contributed by atoms with E-state index in [2.05, 4.69) is 20.9 Å². The Kier molecular flexibility index (Phi) is 8.19. The number of ether oxygens (including phenoxy) is 4. The van der Waals surface area contributed by atoms with Crippen LogP contribution < -0.4 is 29.1 Å². The van der Waals surface area contributed by atoms with Crippen LogP contribution in [-0.4, -0.2) is 38.0 Å². The van der Waals surface area contributed by atoms with Crippen LogP contribution in [0.1, 0.15) is 37.9 Å². The second-order valence-electron chi connectivity index (χ2n) is 8.03. The van der Waals surface area contributed by atoms with Gasteiger partial charge in [0.15, 0.2) is 16.3 Å². The van der Waals surface area contributed by atoms with Gasteiger partial charge in [-0.2, -0.15) is 0 Å². The number of nitrogens with zero attached hydrogens (tertiary/aromatic N) is 2. The molecule has 0 fully saturated rings. The van der Waals surface area contributed by atoms with Crippen molar-refractivity contribution >= 4 is 39.3 Å². The topological polar surface area (TPSA) is 88.4 Å². The maximum atomic E-state index is 13.8. The number of rotatable bonds is 8. The Bertz CT molecular complexity index is 1540. The van der Waals surface area contributed by atoms with Crippen molar-refractivity contribution in [1.82, 2.24) is 4.57 Å². The highest BCUT2D eigenvalue weighted by Gasteiger charge is 2.35. The molecule has 0 unspecified atom stereocenters. The number of carbonyl (C=O) groups excluding carboxylic acids is 1. The van der Waals surface area contributed by atoms with Crippen LogP contribution in [0.2, 0.25) is 0 Å². The van der Waals surface area contributed by atoms with Gasteiger partial charge in [-0.3, -0.25) is 9.36 Å². The summed E-state index contributed by atoms with van der Waals surface area (Å²) in [7, 11) is 3.08. The number of hydrogen-bond acceptors (Lipinski definition) is 8. The van der Waals surface area contributed by atoms with Crippen molar-refractivity contribution in [3.8, 4) is 17.2 Å². The van der Waals surface area contributed by atoms with Crippen molar-refractivity contribution in [1.29, 1.82) is 0 Å². The quantitative estimate of drug-likeness (QED) is 0.371. The van der Waals surface area contributed by atoms with Gasteiger partial charge >= 0.3 is 5.97 Å². The molecule has 0 aliphatic carbocycles. The Morgan fingerprint density at radius 3 is 2.41 bits per heavy atom. The molecule has 194 valence electrons. The minimum absolute atomic E-state index is 0.192. The molecule has 1 aromatic heterocycles. The largest absolute Gasteiger partial charge is 0.494 e. The number of methoxy groups -OCH3 is 2. The van der Waals surface area contributed by atoms with Crippen LogP contribution in [0.4, 0.5) is 0 Å². The van der Waals surface area contributed by atoms with Gasteiger partial charge in [-0.15, -0.1) is 0 Å². The summed E-state index contributed by atoms with van der Waals surface area (Å²) in [6.45, 7) is 6.18. The summed E-state index contributed by atoms with van der Waals surface area (Å²) < 4.78 is 24.5. The molecule has 2 heterocycles. The van der Waals surface area contributed by atoms with Gasteiger partial charge in [0.2, 0.25) is 0 Å². The van der Waals surface area contributed by atoms with Crippen molar-refractivity contribution in [2.45, 2.75) is 26.8 Å². The number of benzene rings is 2. The van der Waals surface area contributed by atoms with Crippen LogP contribution in [0.25, 0.3) is 6.08 Å². The standard InChI is InChI=1S/C27H27BrN2O6S/c1-6-35-17-10-8-16(9-11-17)12-22-25(31)30-24(18-13-20(33-4)21(34-5)14-19(18)28)23(26(32)36-7-2)15(3)29-27(30)37-22/h8-14,24H,6-7H2,1-5H3/b22-12-/t24-/m0/s1. The molecular formula is C27H27BrN2O6S. The van der Waals surface area contributed by atoms with Crippen LogP contribution in [0.15, 0.2) is 61.9 Å². The average molecular weight is 587 g/mol. The van der Waals surface area contributed by atoms with Crippen LogP contribution in [0, 0.1) is 0 Å². The Balaban J connectivity index is 1.95. The van der Waals surface area contributed by atoms with E-state index in [-0.39, 0.29) is 17.7 Å². The molecule has 0 saturated carbocycles. The van der Waals surface area contributed by atoms with E-state index in [1.165, 1.54) is 23.0 Å². The lowest BCUT2D eigenvalue weighted by Gasteiger charge is -2.26. The van der Waals surface area contributed by atoms with Crippen LogP contribution >= 0.6 is 27.3 Å². The highest BCUT2D eigenvalue weighted by atomic mass is 79.9. The normalized spacial score (nSPS) is 15.2. The third-order valence-electron chi connectivity index (χ3n) is 5.80. The fourth-order valence-corrected chi connectivity index (χ4v) is 5.73. The Hall–Kier alpha value is -3.37. The van der Waals surface area contributed by atoms with Crippen LogP contribution in [0.5, 0.6) is 17.2 Å². The summed E-state index contributed by atoms with van der Waals surface area (Å²) in [5.41, 5.74) is 2.00. The number of aromatic nitrogens is 1. The third-order valence-corrected chi connectivity index (χ3v) is 7.47. The first-order chi connectivity index (χ1) is 17.8. The molecule has 0 saturated heterocycles. The fraction of sp³-hybridized carbons (Fsp3) is 0.296. The lowest BCUT2D eigenvalue weighted by atomic mass is 9.95. The second-order valence-corrected chi connectivity index (χ2v) is 9.90. The number of esters is 1. The van der Waals surface area contributed by atoms with Gasteiger partial charge < -0.3 is 18.9 Å². The molecule has 1 atom stereocenters. The average Bonchev–Trinajstić information content (AvgIpc) is 3.18. The predicted molar refractivity (Wildman–Crippen MR) is 145 cm³/mol. The molecule has 1 aliphatic rings. The van der Waals surface area contributed by atoms with Gasteiger partial charge in [-0.25, -0.2) is 9.79 Å². The van der Waals surface area contributed by atoms with Gasteiger partial charge in [0.25, 0.3) is 5.56 Å². The zero-order valence-corrected chi connectivity index (χ0v) is 23.6. The van der Waals surface area contributed by atoms with Crippen LogP contribution in [-0.2, 0) is 9.53 Å². The van der Waals surface area contributed by atoms with Crippen molar-refractivity contribution in [2.24, 2.45) is 4.99 Å². The van der Waals surface area contributed by atoms with E-state index < -0.39 is 12.0 Å². The number of allylic oxidation sites excluding steroid dienone is 1. The highest BCUT2D eigenvalue weighted by Crippen LogP contribution is 2.40. The first-order valence-electron chi connectivity index (χ1n) is 11.7. The van der Waals surface area contributed by atoms with Crippen LogP contribution in [0.3, 0.4) is 0 Å². The monoisotopic (exact) mass is 586 g/mol. The molecule has 0 radical (unpaired) electrons. The second kappa shape index (κ2) is 11.4. The summed E-state index contributed by atoms with van der Waals surface area (Å²) in [5, 5.41) is 0. The maximum absolute atomic E-state index is 13.8. The first kappa shape index (κ1) is 26.7. The number of fused-ring (bicyclic) bond motifs is 1. The first-order valence-corrected chi connectivity index (χ1v) is 13.3. The summed E-state index contributed by atoms with van der Waals surface area (Å²) in [6, 6.07) is 10.2. The van der Waals surface area contributed by atoms with E-state index in [1.807, 2.05) is 37.3 Å². The lowest BCUT2D eigenvalue weighted by molar-refractivity contribution is -0.139. The van der Waals surface area contributed by atoms with Gasteiger partial charge in [0.05, 0.1) is 49.3 Å². The Morgan fingerprint density at radius 1 is 1.11 bits per heavy atom. The predicted octanol–water partition coefficient (Wildman–Crippen LogP) is 3.98. The molecule has 8 nitrogen and oxygen atoms in total. The molecule has 1 aliphatic heterocycles. The number of thiazole rings is 1. The molecule has 4 rings (SSSR count). The van der Waals surface area contributed by atoms with Gasteiger partial charge in [0.1, 0.15) is 5.75 Å². The van der Waals surface area contributed by atoms with Gasteiger partial charge in [-0.05, 0) is 62.2 Å². The lowest BCUT2D eigenvalue weighted by Crippen LogP contribution is -2.40. The number of carbonyl (C=O) groups is 1. The third kappa shape index (κ3) is 5.21. The zero-order valence-electron chi connectivity index (χ0n) is 21.2. The molecule has 0 amide bonds. The van der Waals surface area contributed by atoms with Crippen molar-refractivity contribution < 1.29 is 23.7 Å². The van der Waals surface area contributed by atoms with E-state index in [4.69, 9.17) is 18.9 Å². The van der Waals surface area contributed by atoms with Crippen molar-refractivity contribution in [3.05, 3.63) is 83.0 Å². The highest BCUT2D eigenvalue weighted by molar-refractivity contribution is 9.10. The van der Waals surface area contributed by atoms with E-state index in [1.54, 1.807) is 33.1 Å². The minimum atomic E-state index is -0.785. The molecule has 2 aromatic carbocycles. The summed E-state index contributed by atoms with van der Waals surface area (Å²) >= 11 is 4.87. The zero-order chi connectivity index (χ0) is 26.7. The SMILES string of the molecule is CCOC(=O)C1=C(C)N=c2s/c(=C\c3ccc(OCC)cc3)c(=O)n2[C@H]1c1cc(OC)c(OC)cc1Br. The van der Waals surface area contributed by atoms with E-state index in [0.29, 0.717) is 43.2 Å². The Morgan fingerprint density at radius 2 is 1.78 bits per heavy atom. The van der Waals surface area contributed by atoms with E-state index in [0.717, 1.165) is 11.3 Å². The summed E-state index contributed by atoms with van der Waals surface area (Å²) in [4.78, 5) is 32.1. The van der Waals surface area contributed by atoms with Crippen molar-refractivity contribution in [3.63, 3.8) is 0 Å². The minimum Gasteiger partial charge on any atom is -0.494 e.